The smallest absolute Gasteiger partial charge is 0.326 e. The fraction of sp³-hybridized carbons (Fsp3) is 0.417. The van der Waals surface area contributed by atoms with Gasteiger partial charge in [-0.25, -0.2) is 9.78 Å². The first-order valence-electron chi connectivity index (χ1n) is 5.56. The number of carboxylic acid groups (broad SMARTS) is 1. The first-order chi connectivity index (χ1) is 8.47. The van der Waals surface area contributed by atoms with Crippen LogP contribution in [0.2, 0.25) is 0 Å². The van der Waals surface area contributed by atoms with E-state index in [0.29, 0.717) is 5.69 Å². The maximum atomic E-state index is 11.9. The molecule has 6 heteroatoms. The number of nitrogens with one attached hydrogen (secondary N) is 1. The highest BCUT2D eigenvalue weighted by molar-refractivity contribution is 5.85. The van der Waals surface area contributed by atoms with E-state index in [1.807, 2.05) is 0 Å². The molecule has 0 aliphatic rings. The Balaban J connectivity index is 2.81. The maximum Gasteiger partial charge on any atom is 0.326 e. The number of hydrogen-bond acceptors (Lipinski definition) is 3. The maximum absolute atomic E-state index is 11.9. The van der Waals surface area contributed by atoms with Crippen LogP contribution in [0.15, 0.2) is 25.2 Å². The van der Waals surface area contributed by atoms with Crippen LogP contribution < -0.4 is 0 Å². The van der Waals surface area contributed by atoms with Gasteiger partial charge < -0.3 is 15.0 Å². The lowest BCUT2D eigenvalue weighted by atomic mass is 10.1. The van der Waals surface area contributed by atoms with E-state index in [1.54, 1.807) is 13.1 Å². The molecule has 0 bridgehead atoms. The average molecular weight is 251 g/mol. The number of aromatic amines is 1. The molecule has 98 valence electrons. The summed E-state index contributed by atoms with van der Waals surface area (Å²) in [5, 5.41) is 9.19. The van der Waals surface area contributed by atoms with E-state index in [9.17, 15) is 14.7 Å². The molecule has 1 rings (SSSR count). The van der Waals surface area contributed by atoms with Crippen molar-refractivity contribution in [2.75, 3.05) is 7.05 Å². The minimum Gasteiger partial charge on any atom is -0.480 e. The number of amides is 1. The van der Waals surface area contributed by atoms with Crippen LogP contribution in [0.3, 0.4) is 0 Å². The molecule has 1 heterocycles. The lowest BCUT2D eigenvalue weighted by Gasteiger charge is -2.26. The first kappa shape index (κ1) is 14.0. The third-order valence-electron chi connectivity index (χ3n) is 2.81. The molecule has 2 N–H and O–H groups in total. The van der Waals surface area contributed by atoms with Gasteiger partial charge in [0, 0.05) is 25.4 Å². The summed E-state index contributed by atoms with van der Waals surface area (Å²) in [4.78, 5) is 31.0. The minimum atomic E-state index is -1.04. The average Bonchev–Trinajstić information content (AvgIpc) is 2.85. The zero-order chi connectivity index (χ0) is 13.7. The van der Waals surface area contributed by atoms with Gasteiger partial charge in [-0.2, -0.15) is 0 Å². The van der Waals surface area contributed by atoms with E-state index in [1.165, 1.54) is 24.4 Å². The fourth-order valence-corrected chi connectivity index (χ4v) is 1.57. The van der Waals surface area contributed by atoms with Crippen molar-refractivity contribution >= 4 is 11.9 Å². The molecule has 0 spiro atoms. The molecule has 0 fully saturated rings. The molecule has 1 aromatic heterocycles. The largest absolute Gasteiger partial charge is 0.480 e. The lowest BCUT2D eigenvalue weighted by Crippen LogP contribution is -2.45. The van der Waals surface area contributed by atoms with Crippen molar-refractivity contribution < 1.29 is 14.7 Å². The molecule has 0 saturated carbocycles. The highest BCUT2D eigenvalue weighted by Gasteiger charge is 2.28. The molecule has 2 atom stereocenters. The monoisotopic (exact) mass is 251 g/mol. The van der Waals surface area contributed by atoms with Gasteiger partial charge in [-0.15, -0.1) is 6.58 Å². The van der Waals surface area contributed by atoms with E-state index in [2.05, 4.69) is 16.5 Å². The van der Waals surface area contributed by atoms with Crippen molar-refractivity contribution in [2.45, 2.75) is 19.4 Å². The van der Waals surface area contributed by atoms with Gasteiger partial charge >= 0.3 is 5.97 Å². The van der Waals surface area contributed by atoms with Gasteiger partial charge in [-0.05, 0) is 0 Å². The van der Waals surface area contributed by atoms with Gasteiger partial charge in [0.05, 0.1) is 12.2 Å². The number of H-pyrrole nitrogens is 1. The number of carboxylic acids is 1. The number of rotatable bonds is 6. The van der Waals surface area contributed by atoms with E-state index in [4.69, 9.17) is 0 Å². The fourth-order valence-electron chi connectivity index (χ4n) is 1.57. The molecule has 0 saturated heterocycles. The van der Waals surface area contributed by atoms with Gasteiger partial charge in [-0.3, -0.25) is 4.79 Å². The van der Waals surface area contributed by atoms with Crippen LogP contribution >= 0.6 is 0 Å². The number of likely N-dealkylation sites (N-methyl/N-ethyl adjacent to an activating group) is 1. The number of hydrogen-bond donors (Lipinski definition) is 2. The summed E-state index contributed by atoms with van der Waals surface area (Å²) in [6.07, 6.45) is 4.71. The summed E-state index contributed by atoms with van der Waals surface area (Å²) in [7, 11) is 1.48. The Kier molecular flexibility index (Phi) is 4.65. The summed E-state index contributed by atoms with van der Waals surface area (Å²) < 4.78 is 0. The van der Waals surface area contributed by atoms with E-state index in [0.717, 1.165) is 0 Å². The van der Waals surface area contributed by atoms with E-state index < -0.39 is 17.9 Å². The first-order valence-corrected chi connectivity index (χ1v) is 5.56. The molecule has 18 heavy (non-hydrogen) atoms. The molecule has 0 radical (unpaired) electrons. The second-order valence-corrected chi connectivity index (χ2v) is 4.11. The zero-order valence-corrected chi connectivity index (χ0v) is 10.5. The molecular weight excluding hydrogens is 234 g/mol. The molecule has 0 aliphatic carbocycles. The molecule has 1 amide bonds. The van der Waals surface area contributed by atoms with E-state index >= 15 is 0 Å². The molecule has 0 aromatic carbocycles. The SMILES string of the molecule is C=CC(C)C(=O)N(C)[C@@H](Cc1cnc[nH]1)C(=O)O. The van der Waals surface area contributed by atoms with Gasteiger partial charge in [0.25, 0.3) is 0 Å². The van der Waals surface area contributed by atoms with Crippen molar-refractivity contribution in [3.05, 3.63) is 30.9 Å². The highest BCUT2D eigenvalue weighted by atomic mass is 16.4. The summed E-state index contributed by atoms with van der Waals surface area (Å²) in [5.41, 5.74) is 0.674. The minimum absolute atomic E-state index is 0.196. The number of carbonyl (C=O) groups excluding carboxylic acids is 1. The number of nitrogens with zero attached hydrogens (tertiary/aromatic N) is 2. The van der Waals surface area contributed by atoms with Gasteiger partial charge in [0.2, 0.25) is 5.91 Å². The molecule has 1 unspecified atom stereocenters. The van der Waals surface area contributed by atoms with Crippen LogP contribution in [0, 0.1) is 5.92 Å². The van der Waals surface area contributed by atoms with Crippen LogP contribution in [0.25, 0.3) is 0 Å². The number of carbonyl (C=O) groups is 2. The molecule has 1 aromatic rings. The van der Waals surface area contributed by atoms with Crippen molar-refractivity contribution in [3.63, 3.8) is 0 Å². The Bertz CT molecular complexity index is 428. The Morgan fingerprint density at radius 3 is 2.78 bits per heavy atom. The Morgan fingerprint density at radius 2 is 2.33 bits per heavy atom. The molecular formula is C12H17N3O3. The Morgan fingerprint density at radius 1 is 1.67 bits per heavy atom. The molecule has 6 nitrogen and oxygen atoms in total. The predicted octanol–water partition coefficient (Wildman–Crippen LogP) is 0.686. The van der Waals surface area contributed by atoms with Gasteiger partial charge in [0.15, 0.2) is 0 Å². The summed E-state index contributed by atoms with van der Waals surface area (Å²) in [5.74, 6) is -1.72. The predicted molar refractivity (Wildman–Crippen MR) is 65.8 cm³/mol. The Labute approximate surface area is 105 Å². The van der Waals surface area contributed by atoms with Crippen LogP contribution in [0.5, 0.6) is 0 Å². The van der Waals surface area contributed by atoms with Crippen molar-refractivity contribution in [3.8, 4) is 0 Å². The van der Waals surface area contributed by atoms with Crippen LogP contribution in [-0.4, -0.2) is 44.9 Å². The third kappa shape index (κ3) is 3.19. The van der Waals surface area contributed by atoms with Gasteiger partial charge in [-0.1, -0.05) is 13.0 Å². The van der Waals surface area contributed by atoms with Crippen molar-refractivity contribution in [1.82, 2.24) is 14.9 Å². The van der Waals surface area contributed by atoms with E-state index in [-0.39, 0.29) is 12.3 Å². The third-order valence-corrected chi connectivity index (χ3v) is 2.81. The lowest BCUT2D eigenvalue weighted by molar-refractivity contribution is -0.149. The topological polar surface area (TPSA) is 86.3 Å². The number of aromatic nitrogens is 2. The highest BCUT2D eigenvalue weighted by Crippen LogP contribution is 2.10. The van der Waals surface area contributed by atoms with Crippen molar-refractivity contribution in [1.29, 1.82) is 0 Å². The molecule has 0 aliphatic heterocycles. The van der Waals surface area contributed by atoms with Crippen LogP contribution in [0.1, 0.15) is 12.6 Å². The standard InChI is InChI=1S/C12H17N3O3/c1-4-8(2)11(16)15(3)10(12(17)18)5-9-6-13-7-14-9/h4,6-8,10H,1,5H2,2-3H3,(H,13,14)(H,17,18)/t8?,10-/m0/s1. The quantitative estimate of drug-likeness (QED) is 0.728. The second kappa shape index (κ2) is 6.00. The number of imidazole rings is 1. The number of aliphatic carboxylic acids is 1. The van der Waals surface area contributed by atoms with Gasteiger partial charge in [0.1, 0.15) is 6.04 Å². The Hall–Kier alpha value is -2.11. The second-order valence-electron chi connectivity index (χ2n) is 4.11. The van der Waals surface area contributed by atoms with Crippen molar-refractivity contribution in [2.24, 2.45) is 5.92 Å². The van der Waals surface area contributed by atoms with Crippen LogP contribution in [-0.2, 0) is 16.0 Å². The normalized spacial score (nSPS) is 13.7. The summed E-state index contributed by atoms with van der Waals surface area (Å²) in [6.45, 7) is 5.21. The zero-order valence-electron chi connectivity index (χ0n) is 10.5. The summed E-state index contributed by atoms with van der Waals surface area (Å²) >= 11 is 0. The summed E-state index contributed by atoms with van der Waals surface area (Å²) in [6, 6.07) is -0.916. The van der Waals surface area contributed by atoms with Crippen LogP contribution in [0.4, 0.5) is 0 Å².